The van der Waals surface area contributed by atoms with Crippen LogP contribution < -0.4 is 5.32 Å². The lowest BCUT2D eigenvalue weighted by Gasteiger charge is -2.41. The molecule has 2 rings (SSSR count). The van der Waals surface area contributed by atoms with E-state index in [4.69, 9.17) is 11.6 Å². The normalized spacial score (nSPS) is 18.2. The highest BCUT2D eigenvalue weighted by Crippen LogP contribution is 2.33. The van der Waals surface area contributed by atoms with Crippen LogP contribution in [-0.4, -0.2) is 11.4 Å². The molecule has 4 heteroatoms. The standard InChI is InChI=1S/C12H14ClF2N/c13-8-12(4-1-5-12)16-7-9-2-3-10(14)11(15)6-9/h2-3,6,16H,1,4-5,7-8H2. The van der Waals surface area contributed by atoms with Crippen LogP contribution >= 0.6 is 11.6 Å². The van der Waals surface area contributed by atoms with E-state index in [-0.39, 0.29) is 5.54 Å². The summed E-state index contributed by atoms with van der Waals surface area (Å²) in [7, 11) is 0. The van der Waals surface area contributed by atoms with Crippen LogP contribution in [0.25, 0.3) is 0 Å². The molecule has 16 heavy (non-hydrogen) atoms. The Labute approximate surface area is 98.8 Å². The Balaban J connectivity index is 1.96. The Morgan fingerprint density at radius 2 is 2.00 bits per heavy atom. The molecule has 0 saturated heterocycles. The Kier molecular flexibility index (Phi) is 3.45. The zero-order valence-corrected chi connectivity index (χ0v) is 9.66. The monoisotopic (exact) mass is 245 g/mol. The van der Waals surface area contributed by atoms with Crippen molar-refractivity contribution in [2.75, 3.05) is 5.88 Å². The molecule has 1 N–H and O–H groups in total. The number of hydrogen-bond donors (Lipinski definition) is 1. The fourth-order valence-corrected chi connectivity index (χ4v) is 2.26. The predicted molar refractivity (Wildman–Crippen MR) is 60.5 cm³/mol. The molecule has 1 aliphatic rings. The summed E-state index contributed by atoms with van der Waals surface area (Å²) < 4.78 is 25.6. The van der Waals surface area contributed by atoms with E-state index >= 15 is 0 Å². The summed E-state index contributed by atoms with van der Waals surface area (Å²) in [5.41, 5.74) is 0.752. The van der Waals surface area contributed by atoms with E-state index in [9.17, 15) is 8.78 Å². The average Bonchev–Trinajstić information content (AvgIpc) is 2.22. The lowest BCUT2D eigenvalue weighted by Crippen LogP contribution is -2.52. The van der Waals surface area contributed by atoms with Gasteiger partial charge >= 0.3 is 0 Å². The molecular formula is C12H14ClF2N. The largest absolute Gasteiger partial charge is 0.306 e. The van der Waals surface area contributed by atoms with Gasteiger partial charge in [0.25, 0.3) is 0 Å². The molecule has 0 atom stereocenters. The molecular weight excluding hydrogens is 232 g/mol. The third kappa shape index (κ3) is 2.36. The lowest BCUT2D eigenvalue weighted by atomic mass is 9.78. The number of nitrogens with one attached hydrogen (secondary N) is 1. The van der Waals surface area contributed by atoms with Crippen molar-refractivity contribution in [2.24, 2.45) is 0 Å². The van der Waals surface area contributed by atoms with E-state index in [1.165, 1.54) is 12.5 Å². The number of hydrogen-bond acceptors (Lipinski definition) is 1. The minimum absolute atomic E-state index is 0.00637. The SMILES string of the molecule is Fc1ccc(CNC2(CCl)CCC2)cc1F. The minimum Gasteiger partial charge on any atom is -0.306 e. The van der Waals surface area contributed by atoms with Gasteiger partial charge in [0.1, 0.15) is 0 Å². The molecule has 0 amide bonds. The van der Waals surface area contributed by atoms with Crippen LogP contribution in [0.15, 0.2) is 18.2 Å². The molecule has 1 saturated carbocycles. The van der Waals surface area contributed by atoms with E-state index in [0.717, 1.165) is 24.5 Å². The number of rotatable bonds is 4. The predicted octanol–water partition coefficient (Wildman–Crippen LogP) is 3.22. The maximum absolute atomic E-state index is 12.9. The maximum atomic E-state index is 12.9. The Morgan fingerprint density at radius 1 is 1.25 bits per heavy atom. The number of benzene rings is 1. The van der Waals surface area contributed by atoms with Crippen LogP contribution in [0, 0.1) is 11.6 Å². The second-order valence-corrected chi connectivity index (χ2v) is 4.64. The molecule has 0 heterocycles. The van der Waals surface area contributed by atoms with E-state index in [1.807, 2.05) is 0 Å². The van der Waals surface area contributed by atoms with Crippen molar-refractivity contribution >= 4 is 11.6 Å². The molecule has 0 spiro atoms. The fraction of sp³-hybridized carbons (Fsp3) is 0.500. The van der Waals surface area contributed by atoms with Crippen molar-refractivity contribution in [3.8, 4) is 0 Å². The third-order valence-electron chi connectivity index (χ3n) is 3.22. The topological polar surface area (TPSA) is 12.0 Å². The van der Waals surface area contributed by atoms with Crippen LogP contribution in [-0.2, 0) is 6.54 Å². The smallest absolute Gasteiger partial charge is 0.159 e. The van der Waals surface area contributed by atoms with Crippen molar-refractivity contribution in [1.29, 1.82) is 0 Å². The first-order chi connectivity index (χ1) is 7.65. The van der Waals surface area contributed by atoms with Gasteiger partial charge in [-0.1, -0.05) is 6.07 Å². The first-order valence-corrected chi connectivity index (χ1v) is 5.94. The van der Waals surface area contributed by atoms with E-state index in [2.05, 4.69) is 5.32 Å². The van der Waals surface area contributed by atoms with Gasteiger partial charge in [-0.05, 0) is 37.0 Å². The highest BCUT2D eigenvalue weighted by molar-refractivity contribution is 6.18. The van der Waals surface area contributed by atoms with Crippen LogP contribution in [0.1, 0.15) is 24.8 Å². The summed E-state index contributed by atoms with van der Waals surface area (Å²) in [5, 5.41) is 3.32. The number of halogens is 3. The quantitative estimate of drug-likeness (QED) is 0.804. The van der Waals surface area contributed by atoms with Crippen molar-refractivity contribution in [3.63, 3.8) is 0 Å². The Morgan fingerprint density at radius 3 is 2.50 bits per heavy atom. The van der Waals surface area contributed by atoms with Gasteiger partial charge in [-0.2, -0.15) is 0 Å². The second kappa shape index (κ2) is 4.68. The molecule has 1 fully saturated rings. The molecule has 0 aliphatic heterocycles. The lowest BCUT2D eigenvalue weighted by molar-refractivity contribution is 0.211. The van der Waals surface area contributed by atoms with Gasteiger partial charge < -0.3 is 5.32 Å². The highest BCUT2D eigenvalue weighted by Gasteiger charge is 2.35. The highest BCUT2D eigenvalue weighted by atomic mass is 35.5. The zero-order valence-electron chi connectivity index (χ0n) is 8.90. The van der Waals surface area contributed by atoms with E-state index < -0.39 is 11.6 Å². The van der Waals surface area contributed by atoms with Crippen molar-refractivity contribution in [2.45, 2.75) is 31.3 Å². The zero-order chi connectivity index (χ0) is 11.6. The molecule has 1 aliphatic carbocycles. The van der Waals surface area contributed by atoms with Crippen molar-refractivity contribution in [3.05, 3.63) is 35.4 Å². The molecule has 0 unspecified atom stereocenters. The summed E-state index contributed by atoms with van der Waals surface area (Å²) in [6, 6.07) is 3.97. The van der Waals surface area contributed by atoms with Gasteiger partial charge in [0.05, 0.1) is 0 Å². The molecule has 0 aromatic heterocycles. The molecule has 1 aromatic rings. The van der Waals surface area contributed by atoms with Crippen molar-refractivity contribution in [1.82, 2.24) is 5.32 Å². The first-order valence-electron chi connectivity index (χ1n) is 5.40. The van der Waals surface area contributed by atoms with Crippen molar-refractivity contribution < 1.29 is 8.78 Å². The van der Waals surface area contributed by atoms with Gasteiger partial charge in [0.2, 0.25) is 0 Å². The van der Waals surface area contributed by atoms with E-state index in [0.29, 0.717) is 12.4 Å². The number of alkyl halides is 1. The van der Waals surface area contributed by atoms with Gasteiger partial charge in [0, 0.05) is 18.0 Å². The van der Waals surface area contributed by atoms with Gasteiger partial charge in [-0.25, -0.2) is 8.78 Å². The second-order valence-electron chi connectivity index (χ2n) is 4.37. The summed E-state index contributed by atoms with van der Waals surface area (Å²) in [4.78, 5) is 0. The molecule has 88 valence electrons. The Bertz CT molecular complexity index is 372. The fourth-order valence-electron chi connectivity index (χ4n) is 1.90. The van der Waals surface area contributed by atoms with Crippen LogP contribution in [0.4, 0.5) is 8.78 Å². The first kappa shape index (κ1) is 11.8. The maximum Gasteiger partial charge on any atom is 0.159 e. The molecule has 1 aromatic carbocycles. The summed E-state index contributed by atoms with van der Waals surface area (Å²) >= 11 is 5.89. The van der Waals surface area contributed by atoms with Crippen LogP contribution in [0.3, 0.4) is 0 Å². The minimum atomic E-state index is -0.806. The summed E-state index contributed by atoms with van der Waals surface area (Å²) in [6.07, 6.45) is 3.29. The van der Waals surface area contributed by atoms with Gasteiger partial charge in [-0.3, -0.25) is 0 Å². The summed E-state index contributed by atoms with van der Waals surface area (Å²) in [6.45, 7) is 0.532. The average molecular weight is 246 g/mol. The summed E-state index contributed by atoms with van der Waals surface area (Å²) in [5.74, 6) is -1.04. The third-order valence-corrected chi connectivity index (χ3v) is 3.73. The van der Waals surface area contributed by atoms with Crippen LogP contribution in [0.2, 0.25) is 0 Å². The van der Waals surface area contributed by atoms with Gasteiger partial charge in [-0.15, -0.1) is 11.6 Å². The molecule has 0 bridgehead atoms. The molecule has 0 radical (unpaired) electrons. The van der Waals surface area contributed by atoms with Crippen LogP contribution in [0.5, 0.6) is 0 Å². The Hall–Kier alpha value is -0.670. The van der Waals surface area contributed by atoms with Gasteiger partial charge in [0.15, 0.2) is 11.6 Å². The van der Waals surface area contributed by atoms with E-state index in [1.54, 1.807) is 6.07 Å². The molecule has 1 nitrogen and oxygen atoms in total.